The van der Waals surface area contributed by atoms with Gasteiger partial charge in [0.15, 0.2) is 0 Å². The molecule has 9 heteroatoms. The molecule has 2 saturated heterocycles. The van der Waals surface area contributed by atoms with E-state index in [1.807, 2.05) is 11.8 Å². The fraction of sp³-hybridized carbons (Fsp3) is 0.706. The van der Waals surface area contributed by atoms with Crippen LogP contribution in [0.3, 0.4) is 0 Å². The third kappa shape index (κ3) is 5.42. The molecule has 2 aliphatic rings. The van der Waals surface area contributed by atoms with Crippen molar-refractivity contribution in [3.05, 3.63) is 17.6 Å². The van der Waals surface area contributed by atoms with Crippen molar-refractivity contribution in [1.82, 2.24) is 14.9 Å². The summed E-state index contributed by atoms with van der Waals surface area (Å²) in [5.41, 5.74) is 6.80. The van der Waals surface area contributed by atoms with Gasteiger partial charge >= 0.3 is 0 Å². The van der Waals surface area contributed by atoms with Crippen LogP contribution < -0.4 is 10.6 Å². The molecule has 3 rings (SSSR count). The minimum atomic E-state index is -0.421. The Hall–Kier alpha value is -1.15. The van der Waals surface area contributed by atoms with Crippen LogP contribution in [0.4, 0.5) is 5.82 Å². The maximum absolute atomic E-state index is 12.0. The predicted molar refractivity (Wildman–Crippen MR) is 107 cm³/mol. The highest BCUT2D eigenvalue weighted by Gasteiger charge is 2.27. The van der Waals surface area contributed by atoms with Crippen molar-refractivity contribution in [1.29, 1.82) is 0 Å². The molecule has 1 atom stereocenters. The molecule has 26 heavy (non-hydrogen) atoms. The average molecular weight is 406 g/mol. The summed E-state index contributed by atoms with van der Waals surface area (Å²) in [7, 11) is 0. The summed E-state index contributed by atoms with van der Waals surface area (Å²) in [5, 5.41) is 0. The zero-order chi connectivity index (χ0) is 17.1. The van der Waals surface area contributed by atoms with Crippen LogP contribution in [0.1, 0.15) is 37.2 Å². The Labute approximate surface area is 167 Å². The fourth-order valence-electron chi connectivity index (χ4n) is 3.42. The second-order valence-electron chi connectivity index (χ2n) is 6.69. The van der Waals surface area contributed by atoms with Gasteiger partial charge in [-0.05, 0) is 26.7 Å². The number of nitrogens with two attached hydrogens (primary N) is 1. The molecule has 0 radical (unpaired) electrons. The lowest BCUT2D eigenvalue weighted by atomic mass is 9.92. The minimum Gasteiger partial charge on any atom is -0.378 e. The van der Waals surface area contributed by atoms with E-state index in [9.17, 15) is 4.79 Å². The van der Waals surface area contributed by atoms with E-state index in [-0.39, 0.29) is 30.7 Å². The number of nitrogens with zero attached hydrogens (tertiary/aromatic N) is 4. The van der Waals surface area contributed by atoms with Crippen LogP contribution in [-0.4, -0.2) is 66.2 Å². The van der Waals surface area contributed by atoms with Crippen LogP contribution in [0.15, 0.2) is 6.07 Å². The van der Waals surface area contributed by atoms with Gasteiger partial charge < -0.3 is 20.3 Å². The molecule has 2 fully saturated rings. The second-order valence-corrected chi connectivity index (χ2v) is 6.69. The number of rotatable bonds is 3. The Bertz CT molecular complexity index is 589. The fourth-order valence-corrected chi connectivity index (χ4v) is 3.42. The van der Waals surface area contributed by atoms with E-state index in [0.717, 1.165) is 69.6 Å². The predicted octanol–water partition coefficient (Wildman–Crippen LogP) is 1.52. The molecule has 1 aromatic rings. The zero-order valence-electron chi connectivity index (χ0n) is 15.4. The summed E-state index contributed by atoms with van der Waals surface area (Å²) in [6.07, 6.45) is 1.86. The molecule has 0 unspecified atom stereocenters. The maximum Gasteiger partial charge on any atom is 0.239 e. The van der Waals surface area contributed by atoms with E-state index in [1.165, 1.54) is 0 Å². The van der Waals surface area contributed by atoms with E-state index >= 15 is 0 Å². The van der Waals surface area contributed by atoms with Crippen molar-refractivity contribution in [3.63, 3.8) is 0 Å². The Kier molecular flexibility index (Phi) is 9.03. The minimum absolute atomic E-state index is 0. The normalized spacial score (nSPS) is 19.3. The molecule has 148 valence electrons. The molecular weight excluding hydrogens is 377 g/mol. The van der Waals surface area contributed by atoms with Crippen LogP contribution >= 0.6 is 24.8 Å². The Morgan fingerprint density at radius 1 is 1.19 bits per heavy atom. The van der Waals surface area contributed by atoms with Gasteiger partial charge in [-0.1, -0.05) is 0 Å². The number of hydrogen-bond acceptors (Lipinski definition) is 6. The highest BCUT2D eigenvalue weighted by Crippen LogP contribution is 2.29. The van der Waals surface area contributed by atoms with E-state index in [2.05, 4.69) is 20.9 Å². The van der Waals surface area contributed by atoms with Crippen molar-refractivity contribution >= 4 is 36.5 Å². The molecule has 0 saturated carbocycles. The van der Waals surface area contributed by atoms with E-state index in [4.69, 9.17) is 10.5 Å². The molecule has 1 aromatic heterocycles. The summed E-state index contributed by atoms with van der Waals surface area (Å²) < 4.78 is 5.42. The van der Waals surface area contributed by atoms with Crippen LogP contribution in [0.5, 0.6) is 0 Å². The van der Waals surface area contributed by atoms with Crippen molar-refractivity contribution in [2.24, 2.45) is 5.73 Å². The summed E-state index contributed by atoms with van der Waals surface area (Å²) in [6.45, 7) is 8.43. The van der Waals surface area contributed by atoms with Crippen molar-refractivity contribution < 1.29 is 9.53 Å². The number of morpholine rings is 1. The molecule has 7 nitrogen and oxygen atoms in total. The molecule has 1 amide bonds. The topological polar surface area (TPSA) is 84.6 Å². The van der Waals surface area contributed by atoms with E-state index in [1.54, 1.807) is 6.92 Å². The number of carbonyl (C=O) groups is 1. The van der Waals surface area contributed by atoms with Crippen molar-refractivity contribution in [3.8, 4) is 0 Å². The largest absolute Gasteiger partial charge is 0.378 e. The maximum atomic E-state index is 12.0. The lowest BCUT2D eigenvalue weighted by Crippen LogP contribution is -2.45. The monoisotopic (exact) mass is 405 g/mol. The van der Waals surface area contributed by atoms with Gasteiger partial charge in [-0.25, -0.2) is 9.97 Å². The lowest BCUT2D eigenvalue weighted by molar-refractivity contribution is -0.133. The second kappa shape index (κ2) is 10.3. The number of hydrogen-bond donors (Lipinski definition) is 1. The van der Waals surface area contributed by atoms with E-state index < -0.39 is 6.04 Å². The van der Waals surface area contributed by atoms with Crippen molar-refractivity contribution in [2.45, 2.75) is 38.6 Å². The third-order valence-corrected chi connectivity index (χ3v) is 4.79. The van der Waals surface area contributed by atoms with E-state index in [0.29, 0.717) is 5.92 Å². The van der Waals surface area contributed by atoms with Gasteiger partial charge in [-0.2, -0.15) is 0 Å². The number of amides is 1. The smallest absolute Gasteiger partial charge is 0.239 e. The first-order chi connectivity index (χ1) is 11.5. The van der Waals surface area contributed by atoms with Crippen LogP contribution in [0.25, 0.3) is 0 Å². The lowest BCUT2D eigenvalue weighted by Gasteiger charge is -2.33. The number of halogens is 2. The first-order valence-electron chi connectivity index (χ1n) is 8.77. The Morgan fingerprint density at radius 3 is 2.38 bits per heavy atom. The zero-order valence-corrected chi connectivity index (χ0v) is 17.0. The summed E-state index contributed by atoms with van der Waals surface area (Å²) in [4.78, 5) is 25.4. The van der Waals surface area contributed by atoms with Gasteiger partial charge in [-0.3, -0.25) is 4.79 Å². The number of aromatic nitrogens is 2. The first kappa shape index (κ1) is 22.9. The summed E-state index contributed by atoms with van der Waals surface area (Å²) in [5.74, 6) is 2.22. The third-order valence-electron chi connectivity index (χ3n) is 4.79. The van der Waals surface area contributed by atoms with Gasteiger partial charge in [0.1, 0.15) is 11.6 Å². The van der Waals surface area contributed by atoms with Crippen LogP contribution in [-0.2, 0) is 9.53 Å². The Morgan fingerprint density at radius 2 is 1.81 bits per heavy atom. The van der Waals surface area contributed by atoms with Gasteiger partial charge in [0.25, 0.3) is 0 Å². The van der Waals surface area contributed by atoms with Gasteiger partial charge in [0.2, 0.25) is 5.91 Å². The molecule has 0 bridgehead atoms. The average Bonchev–Trinajstić information content (AvgIpc) is 2.61. The molecule has 0 aliphatic carbocycles. The number of carbonyl (C=O) groups excluding carboxylic acids is 1. The highest BCUT2D eigenvalue weighted by atomic mass is 35.5. The highest BCUT2D eigenvalue weighted by molar-refractivity contribution is 5.85. The van der Waals surface area contributed by atoms with Crippen LogP contribution in [0.2, 0.25) is 0 Å². The van der Waals surface area contributed by atoms with Crippen molar-refractivity contribution in [2.75, 3.05) is 44.3 Å². The molecule has 2 N–H and O–H groups in total. The standard InChI is InChI=1S/C17H27N5O2.2ClH/c1-12(18)17(23)22-5-3-14(4-6-22)15-11-16(20-13(2)19-15)21-7-9-24-10-8-21;;/h11-12,14H,3-10,18H2,1-2H3;2*1H/t12-;;/m1../s1. The molecule has 0 spiro atoms. The number of ether oxygens (including phenoxy) is 1. The molecule has 3 heterocycles. The van der Waals surface area contributed by atoms with Crippen LogP contribution in [0, 0.1) is 6.92 Å². The SMILES string of the molecule is Cc1nc(C2CCN(C(=O)[C@@H](C)N)CC2)cc(N2CCOCC2)n1.Cl.Cl. The Balaban J connectivity index is 0.00000169. The van der Waals surface area contributed by atoms with Gasteiger partial charge in [0.05, 0.1) is 19.3 Å². The summed E-state index contributed by atoms with van der Waals surface area (Å²) in [6, 6.07) is 1.70. The number of likely N-dealkylation sites (tertiary alicyclic amines) is 1. The number of piperidine rings is 1. The number of anilines is 1. The van der Waals surface area contributed by atoms with Gasteiger partial charge in [0, 0.05) is 43.9 Å². The molecular formula is C17H29Cl2N5O2. The summed E-state index contributed by atoms with van der Waals surface area (Å²) >= 11 is 0. The molecule has 2 aliphatic heterocycles. The van der Waals surface area contributed by atoms with Gasteiger partial charge in [-0.15, -0.1) is 24.8 Å². The number of aryl methyl sites for hydroxylation is 1. The quantitative estimate of drug-likeness (QED) is 0.820. The first-order valence-corrected chi connectivity index (χ1v) is 8.77. The molecule has 0 aromatic carbocycles.